The number of alkyl halides is 3. The predicted molar refractivity (Wildman–Crippen MR) is 83.9 cm³/mol. The van der Waals surface area contributed by atoms with Crippen LogP contribution in [-0.2, 0) is 26.9 Å². The van der Waals surface area contributed by atoms with Crippen LogP contribution in [-0.4, -0.2) is 23.5 Å². The number of carbonyl (C=O) groups excluding carboxylic acids is 2. The second kappa shape index (κ2) is 8.13. The third-order valence-electron chi connectivity index (χ3n) is 3.05. The number of aromatic nitrogens is 1. The van der Waals surface area contributed by atoms with Gasteiger partial charge in [-0.25, -0.2) is 9.37 Å². The summed E-state index contributed by atoms with van der Waals surface area (Å²) in [5.41, 5.74) is -0.574. The Bertz CT molecular complexity index is 810. The molecule has 1 amide bonds. The maximum absolute atomic E-state index is 12.8. The van der Waals surface area contributed by atoms with Crippen LogP contribution in [0.1, 0.15) is 11.1 Å². The molecule has 5 nitrogen and oxygen atoms in total. The fourth-order valence-corrected chi connectivity index (χ4v) is 2.03. The molecule has 0 spiro atoms. The molecule has 1 aromatic heterocycles. The summed E-state index contributed by atoms with van der Waals surface area (Å²) in [6.45, 7) is -0.681. The van der Waals surface area contributed by atoms with Gasteiger partial charge in [-0.15, -0.1) is 0 Å². The quantitative estimate of drug-likeness (QED) is 0.625. The number of hydrogen-bond donors (Lipinski definition) is 1. The average Bonchev–Trinajstić information content (AvgIpc) is 2.56. The lowest BCUT2D eigenvalue weighted by molar-refractivity contribution is -0.146. The maximum Gasteiger partial charge on any atom is 0.417 e. The molecule has 0 radical (unpaired) electrons. The molecule has 0 fully saturated rings. The maximum atomic E-state index is 12.8. The van der Waals surface area contributed by atoms with Crippen molar-refractivity contribution in [2.45, 2.75) is 12.6 Å². The lowest BCUT2D eigenvalue weighted by atomic mass is 10.1. The molecule has 2 aromatic rings. The highest BCUT2D eigenvalue weighted by Crippen LogP contribution is 2.32. The highest BCUT2D eigenvalue weighted by atomic mass is 35.5. The number of benzene rings is 1. The topological polar surface area (TPSA) is 68.3 Å². The van der Waals surface area contributed by atoms with Crippen molar-refractivity contribution in [2.75, 3.05) is 11.9 Å². The fourth-order valence-electron chi connectivity index (χ4n) is 1.82. The van der Waals surface area contributed by atoms with Gasteiger partial charge in [0.05, 0.1) is 17.0 Å². The summed E-state index contributed by atoms with van der Waals surface area (Å²) in [4.78, 5) is 26.7. The number of hydrogen-bond acceptors (Lipinski definition) is 4. The summed E-state index contributed by atoms with van der Waals surface area (Å²) in [5, 5.41) is 1.73. The van der Waals surface area contributed by atoms with E-state index in [-0.39, 0.29) is 12.2 Å². The fraction of sp³-hybridized carbons (Fsp3) is 0.188. The highest BCUT2D eigenvalue weighted by Gasteiger charge is 2.31. The van der Waals surface area contributed by atoms with E-state index in [4.69, 9.17) is 16.3 Å². The zero-order valence-corrected chi connectivity index (χ0v) is 13.7. The molecular formula is C16H11ClF4N2O3. The number of pyridine rings is 1. The van der Waals surface area contributed by atoms with Gasteiger partial charge < -0.3 is 10.1 Å². The van der Waals surface area contributed by atoms with Crippen LogP contribution >= 0.6 is 11.6 Å². The van der Waals surface area contributed by atoms with Gasteiger partial charge in [-0.2, -0.15) is 13.2 Å². The minimum Gasteiger partial charge on any atom is -0.455 e. The molecular weight excluding hydrogens is 380 g/mol. The summed E-state index contributed by atoms with van der Waals surface area (Å²) in [6.07, 6.45) is -4.27. The molecule has 0 aliphatic rings. The van der Waals surface area contributed by atoms with Gasteiger partial charge in [0.15, 0.2) is 12.4 Å². The third kappa shape index (κ3) is 5.69. The van der Waals surface area contributed by atoms with E-state index in [0.29, 0.717) is 17.8 Å². The van der Waals surface area contributed by atoms with Gasteiger partial charge in [-0.05, 0) is 23.8 Å². The standard InChI is InChI=1S/C16H11ClF4N2O3/c17-12-6-10(16(19,20)21)7-22-15(12)23-13(24)8-26-14(25)5-9-1-3-11(18)4-2-9/h1-4,6-7H,5,8H2,(H,22,23,24). The molecule has 1 heterocycles. The molecule has 26 heavy (non-hydrogen) atoms. The highest BCUT2D eigenvalue weighted by molar-refractivity contribution is 6.33. The first-order valence-electron chi connectivity index (χ1n) is 7.08. The Morgan fingerprint density at radius 1 is 1.19 bits per heavy atom. The SMILES string of the molecule is O=C(COC(=O)Cc1ccc(F)cc1)Nc1ncc(C(F)(F)F)cc1Cl. The Hall–Kier alpha value is -2.68. The van der Waals surface area contributed by atoms with E-state index in [1.165, 1.54) is 24.3 Å². The number of nitrogens with one attached hydrogen (secondary N) is 1. The van der Waals surface area contributed by atoms with Crippen molar-refractivity contribution in [1.82, 2.24) is 4.98 Å². The molecule has 138 valence electrons. The largest absolute Gasteiger partial charge is 0.455 e. The summed E-state index contributed by atoms with van der Waals surface area (Å²) in [6, 6.07) is 5.75. The number of anilines is 1. The molecule has 0 aliphatic heterocycles. The van der Waals surface area contributed by atoms with Gasteiger partial charge in [0.1, 0.15) is 5.82 Å². The van der Waals surface area contributed by atoms with E-state index >= 15 is 0 Å². The van der Waals surface area contributed by atoms with Crippen molar-refractivity contribution in [1.29, 1.82) is 0 Å². The Balaban J connectivity index is 1.86. The van der Waals surface area contributed by atoms with E-state index in [0.717, 1.165) is 0 Å². The summed E-state index contributed by atoms with van der Waals surface area (Å²) >= 11 is 5.65. The van der Waals surface area contributed by atoms with Crippen molar-refractivity contribution in [2.24, 2.45) is 0 Å². The van der Waals surface area contributed by atoms with Gasteiger partial charge in [-0.3, -0.25) is 9.59 Å². The normalized spacial score (nSPS) is 11.1. The van der Waals surface area contributed by atoms with Crippen LogP contribution in [0.2, 0.25) is 5.02 Å². The lowest BCUT2D eigenvalue weighted by Crippen LogP contribution is -2.22. The van der Waals surface area contributed by atoms with Crippen LogP contribution < -0.4 is 5.32 Å². The zero-order valence-electron chi connectivity index (χ0n) is 12.9. The Morgan fingerprint density at radius 2 is 1.85 bits per heavy atom. The van der Waals surface area contributed by atoms with E-state index in [1.807, 2.05) is 0 Å². The third-order valence-corrected chi connectivity index (χ3v) is 3.34. The summed E-state index contributed by atoms with van der Waals surface area (Å²) in [7, 11) is 0. The minimum atomic E-state index is -4.62. The smallest absolute Gasteiger partial charge is 0.417 e. The lowest BCUT2D eigenvalue weighted by Gasteiger charge is -2.10. The van der Waals surface area contributed by atoms with Crippen molar-refractivity contribution in [3.05, 3.63) is 58.5 Å². The first-order chi connectivity index (χ1) is 12.1. The van der Waals surface area contributed by atoms with E-state index in [1.54, 1.807) is 0 Å². The monoisotopic (exact) mass is 390 g/mol. The average molecular weight is 391 g/mol. The van der Waals surface area contributed by atoms with Crippen molar-refractivity contribution in [3.63, 3.8) is 0 Å². The van der Waals surface area contributed by atoms with Gasteiger partial charge in [0.25, 0.3) is 5.91 Å². The van der Waals surface area contributed by atoms with Crippen LogP contribution in [0.25, 0.3) is 0 Å². The van der Waals surface area contributed by atoms with Crippen LogP contribution in [0.15, 0.2) is 36.5 Å². The number of rotatable bonds is 5. The number of esters is 1. The first-order valence-corrected chi connectivity index (χ1v) is 7.45. The predicted octanol–water partition coefficient (Wildman–Crippen LogP) is 3.62. The van der Waals surface area contributed by atoms with Gasteiger partial charge >= 0.3 is 12.1 Å². The van der Waals surface area contributed by atoms with Crippen molar-refractivity contribution >= 4 is 29.3 Å². The second-order valence-corrected chi connectivity index (χ2v) is 5.47. The molecule has 1 N–H and O–H groups in total. The van der Waals surface area contributed by atoms with Crippen molar-refractivity contribution < 1.29 is 31.9 Å². The minimum absolute atomic E-state index is 0.174. The molecule has 0 saturated heterocycles. The van der Waals surface area contributed by atoms with E-state index < -0.39 is 41.1 Å². The van der Waals surface area contributed by atoms with E-state index in [9.17, 15) is 27.2 Å². The number of halogens is 5. The molecule has 10 heteroatoms. The van der Waals surface area contributed by atoms with Gasteiger partial charge in [0.2, 0.25) is 0 Å². The number of amides is 1. The van der Waals surface area contributed by atoms with Crippen LogP contribution in [0.3, 0.4) is 0 Å². The van der Waals surface area contributed by atoms with Gasteiger partial charge in [-0.1, -0.05) is 23.7 Å². The number of ether oxygens (including phenoxy) is 1. The molecule has 2 rings (SSSR count). The Morgan fingerprint density at radius 3 is 2.42 bits per heavy atom. The first kappa shape index (κ1) is 19.6. The molecule has 0 saturated carbocycles. The van der Waals surface area contributed by atoms with Crippen LogP contribution in [0.4, 0.5) is 23.4 Å². The van der Waals surface area contributed by atoms with Crippen LogP contribution in [0.5, 0.6) is 0 Å². The van der Waals surface area contributed by atoms with E-state index in [2.05, 4.69) is 10.3 Å². The molecule has 0 aliphatic carbocycles. The Labute approximate surface area is 149 Å². The second-order valence-electron chi connectivity index (χ2n) is 5.06. The van der Waals surface area contributed by atoms with Crippen LogP contribution in [0, 0.1) is 5.82 Å². The summed E-state index contributed by atoms with van der Waals surface area (Å²) in [5.74, 6) is -2.31. The van der Waals surface area contributed by atoms with Crippen molar-refractivity contribution in [3.8, 4) is 0 Å². The van der Waals surface area contributed by atoms with Gasteiger partial charge in [0, 0.05) is 6.20 Å². The summed E-state index contributed by atoms with van der Waals surface area (Å²) < 4.78 is 55.0. The molecule has 1 aromatic carbocycles. The molecule has 0 bridgehead atoms. The number of carbonyl (C=O) groups is 2. The molecule has 0 atom stereocenters. The Kier molecular flexibility index (Phi) is 6.14. The molecule has 0 unspecified atom stereocenters. The number of nitrogens with zero attached hydrogens (tertiary/aromatic N) is 1. The zero-order chi connectivity index (χ0) is 19.3.